The Morgan fingerprint density at radius 3 is 2.58 bits per heavy atom. The van der Waals surface area contributed by atoms with Gasteiger partial charge >= 0.3 is 0 Å². The number of hydrogen-bond acceptors (Lipinski definition) is 4. The molecule has 2 aliphatic heterocycles. The average molecular weight is 270 g/mol. The minimum absolute atomic E-state index is 0.345. The van der Waals surface area contributed by atoms with Crippen LogP contribution in [0, 0.1) is 0 Å². The number of ether oxygens (including phenoxy) is 1. The largest absolute Gasteiger partial charge is 0.396 e. The first-order valence-electron chi connectivity index (χ1n) is 7.98. The summed E-state index contributed by atoms with van der Waals surface area (Å²) < 4.78 is 5.62. The number of likely N-dealkylation sites (tertiary alicyclic amines) is 1. The van der Waals surface area contributed by atoms with Crippen molar-refractivity contribution in [1.82, 2.24) is 9.80 Å². The lowest BCUT2D eigenvalue weighted by Gasteiger charge is -2.41. The van der Waals surface area contributed by atoms with Crippen LogP contribution in [0.15, 0.2) is 0 Å². The quantitative estimate of drug-likeness (QED) is 0.739. The Labute approximate surface area is 117 Å². The van der Waals surface area contributed by atoms with Gasteiger partial charge in [-0.1, -0.05) is 0 Å². The fourth-order valence-electron chi connectivity index (χ4n) is 3.31. The number of morpholine rings is 1. The van der Waals surface area contributed by atoms with Crippen molar-refractivity contribution in [3.63, 3.8) is 0 Å². The summed E-state index contributed by atoms with van der Waals surface area (Å²) >= 11 is 0. The van der Waals surface area contributed by atoms with Crippen LogP contribution in [0.2, 0.25) is 0 Å². The Morgan fingerprint density at radius 2 is 1.89 bits per heavy atom. The summed E-state index contributed by atoms with van der Waals surface area (Å²) in [6.07, 6.45) is 6.39. The first-order chi connectivity index (χ1) is 9.29. The summed E-state index contributed by atoms with van der Waals surface area (Å²) in [4.78, 5) is 5.23. The zero-order chi connectivity index (χ0) is 13.5. The summed E-state index contributed by atoms with van der Waals surface area (Å²) in [6, 6.07) is 0.778. The van der Waals surface area contributed by atoms with Crippen LogP contribution in [0.3, 0.4) is 0 Å². The molecule has 0 aliphatic carbocycles. The molecule has 0 aromatic rings. The summed E-state index contributed by atoms with van der Waals surface area (Å²) in [5, 5.41) is 8.77. The number of hydrogen-bond donors (Lipinski definition) is 1. The number of piperidine rings is 1. The second-order valence-corrected chi connectivity index (χ2v) is 6.03. The van der Waals surface area contributed by atoms with E-state index < -0.39 is 0 Å². The van der Waals surface area contributed by atoms with Crippen molar-refractivity contribution in [2.75, 3.05) is 45.9 Å². The number of aliphatic hydroxyl groups excluding tert-OH is 1. The lowest BCUT2D eigenvalue weighted by Crippen LogP contribution is -2.51. The maximum atomic E-state index is 8.77. The predicted octanol–water partition coefficient (Wildman–Crippen LogP) is 1.33. The van der Waals surface area contributed by atoms with E-state index in [-0.39, 0.29) is 0 Å². The predicted molar refractivity (Wildman–Crippen MR) is 77.4 cm³/mol. The molecule has 19 heavy (non-hydrogen) atoms. The van der Waals surface area contributed by atoms with E-state index in [0.29, 0.717) is 12.7 Å². The topological polar surface area (TPSA) is 35.9 Å². The van der Waals surface area contributed by atoms with E-state index in [0.717, 1.165) is 38.6 Å². The number of unbranched alkanes of at least 4 members (excludes halogenated alkanes) is 2. The fraction of sp³-hybridized carbons (Fsp3) is 1.00. The van der Waals surface area contributed by atoms with Crippen LogP contribution in [0.5, 0.6) is 0 Å². The monoisotopic (exact) mass is 270 g/mol. The van der Waals surface area contributed by atoms with Gasteiger partial charge in [0.2, 0.25) is 0 Å². The van der Waals surface area contributed by atoms with Crippen LogP contribution in [0.1, 0.15) is 39.0 Å². The third kappa shape index (κ3) is 5.03. The molecule has 0 spiro atoms. The van der Waals surface area contributed by atoms with E-state index in [1.807, 2.05) is 0 Å². The third-order valence-electron chi connectivity index (χ3n) is 4.48. The van der Waals surface area contributed by atoms with Gasteiger partial charge in [-0.15, -0.1) is 0 Å². The van der Waals surface area contributed by atoms with Crippen LogP contribution in [-0.2, 0) is 4.74 Å². The van der Waals surface area contributed by atoms with Crippen LogP contribution in [0.25, 0.3) is 0 Å². The lowest BCUT2D eigenvalue weighted by atomic mass is 10.0. The molecule has 0 amide bonds. The van der Waals surface area contributed by atoms with Gasteiger partial charge in [-0.05, 0) is 58.7 Å². The van der Waals surface area contributed by atoms with E-state index in [9.17, 15) is 0 Å². The molecule has 0 bridgehead atoms. The standard InChI is InChI=1S/C15H30N2O2/c1-14-13-17(10-12-19-14)15-5-8-16(9-6-15)7-3-2-4-11-18/h14-15,18H,2-13H2,1H3. The minimum atomic E-state index is 0.345. The Kier molecular flexibility index (Phi) is 6.57. The molecule has 2 heterocycles. The maximum Gasteiger partial charge on any atom is 0.0674 e. The Bertz CT molecular complexity index is 242. The highest BCUT2D eigenvalue weighted by Gasteiger charge is 2.27. The highest BCUT2D eigenvalue weighted by Crippen LogP contribution is 2.19. The molecule has 4 nitrogen and oxygen atoms in total. The second kappa shape index (κ2) is 8.20. The Hall–Kier alpha value is -0.160. The normalized spacial score (nSPS) is 27.8. The van der Waals surface area contributed by atoms with Gasteiger partial charge < -0.3 is 14.7 Å². The van der Waals surface area contributed by atoms with E-state index in [1.54, 1.807) is 0 Å². The van der Waals surface area contributed by atoms with Crippen LogP contribution in [-0.4, -0.2) is 73.0 Å². The van der Waals surface area contributed by atoms with Crippen LogP contribution >= 0.6 is 0 Å². The molecule has 2 fully saturated rings. The van der Waals surface area contributed by atoms with Gasteiger partial charge in [0.15, 0.2) is 0 Å². The first kappa shape index (κ1) is 15.2. The van der Waals surface area contributed by atoms with Crippen LogP contribution < -0.4 is 0 Å². The molecule has 0 radical (unpaired) electrons. The van der Waals surface area contributed by atoms with Gasteiger partial charge in [0, 0.05) is 25.7 Å². The molecule has 2 aliphatic rings. The van der Waals surface area contributed by atoms with Gasteiger partial charge in [-0.2, -0.15) is 0 Å². The van der Waals surface area contributed by atoms with Gasteiger partial charge in [0.25, 0.3) is 0 Å². The third-order valence-corrected chi connectivity index (χ3v) is 4.48. The average Bonchev–Trinajstić information content (AvgIpc) is 2.44. The molecular formula is C15H30N2O2. The molecule has 0 aromatic carbocycles. The van der Waals surface area contributed by atoms with Gasteiger partial charge in [-0.3, -0.25) is 4.90 Å². The molecule has 2 rings (SSSR count). The zero-order valence-corrected chi connectivity index (χ0v) is 12.4. The van der Waals surface area contributed by atoms with E-state index in [1.165, 1.54) is 38.9 Å². The summed E-state index contributed by atoms with van der Waals surface area (Å²) in [6.45, 7) is 9.37. The summed E-state index contributed by atoms with van der Waals surface area (Å²) in [7, 11) is 0. The minimum Gasteiger partial charge on any atom is -0.396 e. The molecule has 2 saturated heterocycles. The molecule has 1 N–H and O–H groups in total. The first-order valence-corrected chi connectivity index (χ1v) is 7.98. The molecule has 0 saturated carbocycles. The molecule has 112 valence electrons. The van der Waals surface area contributed by atoms with Crippen molar-refractivity contribution in [2.45, 2.75) is 51.2 Å². The van der Waals surface area contributed by atoms with E-state index in [4.69, 9.17) is 9.84 Å². The smallest absolute Gasteiger partial charge is 0.0674 e. The number of rotatable bonds is 6. The van der Waals surface area contributed by atoms with Crippen molar-refractivity contribution >= 4 is 0 Å². The highest BCUT2D eigenvalue weighted by atomic mass is 16.5. The molecule has 1 unspecified atom stereocenters. The maximum absolute atomic E-state index is 8.77. The van der Waals surface area contributed by atoms with Crippen molar-refractivity contribution in [1.29, 1.82) is 0 Å². The second-order valence-electron chi connectivity index (χ2n) is 6.03. The molecule has 4 heteroatoms. The Balaban J connectivity index is 1.62. The number of aliphatic hydroxyl groups is 1. The van der Waals surface area contributed by atoms with Gasteiger partial charge in [0.1, 0.15) is 0 Å². The fourth-order valence-corrected chi connectivity index (χ4v) is 3.31. The SMILES string of the molecule is CC1CN(C2CCN(CCCCCO)CC2)CCO1. The highest BCUT2D eigenvalue weighted by molar-refractivity contribution is 4.82. The molecule has 0 aromatic heterocycles. The van der Waals surface area contributed by atoms with E-state index in [2.05, 4.69) is 16.7 Å². The van der Waals surface area contributed by atoms with Crippen molar-refractivity contribution in [2.24, 2.45) is 0 Å². The van der Waals surface area contributed by atoms with Crippen molar-refractivity contribution in [3.05, 3.63) is 0 Å². The van der Waals surface area contributed by atoms with Gasteiger partial charge in [0.05, 0.1) is 12.7 Å². The Morgan fingerprint density at radius 1 is 1.11 bits per heavy atom. The lowest BCUT2D eigenvalue weighted by molar-refractivity contribution is -0.0434. The van der Waals surface area contributed by atoms with Crippen molar-refractivity contribution < 1.29 is 9.84 Å². The van der Waals surface area contributed by atoms with E-state index >= 15 is 0 Å². The summed E-state index contributed by atoms with van der Waals surface area (Å²) in [5.41, 5.74) is 0. The van der Waals surface area contributed by atoms with Crippen molar-refractivity contribution in [3.8, 4) is 0 Å². The summed E-state index contributed by atoms with van der Waals surface area (Å²) in [5.74, 6) is 0. The van der Waals surface area contributed by atoms with Crippen LogP contribution in [0.4, 0.5) is 0 Å². The molecule has 1 atom stereocenters. The van der Waals surface area contributed by atoms with Gasteiger partial charge in [-0.25, -0.2) is 0 Å². The zero-order valence-electron chi connectivity index (χ0n) is 12.4. The molecular weight excluding hydrogens is 240 g/mol. The number of nitrogens with zero attached hydrogens (tertiary/aromatic N) is 2.